The third-order valence-corrected chi connectivity index (χ3v) is 4.10. The predicted molar refractivity (Wildman–Crippen MR) is 59.8 cm³/mol. The van der Waals surface area contributed by atoms with E-state index in [4.69, 9.17) is 0 Å². The highest BCUT2D eigenvalue weighted by atomic mass is 14.5. The highest BCUT2D eigenvalue weighted by Crippen LogP contribution is 2.59. The average Bonchev–Trinajstić information content (AvgIpc) is 2.69. The topological polar surface area (TPSA) is 0 Å². The van der Waals surface area contributed by atoms with E-state index in [1.165, 1.54) is 6.42 Å². The quantitative estimate of drug-likeness (QED) is 0.583. The van der Waals surface area contributed by atoms with Crippen LogP contribution in [0.15, 0.2) is 47.6 Å². The van der Waals surface area contributed by atoms with E-state index < -0.39 is 0 Å². The first-order chi connectivity index (χ1) is 6.75. The van der Waals surface area contributed by atoms with Crippen molar-refractivity contribution in [2.45, 2.75) is 20.3 Å². The Morgan fingerprint density at radius 1 is 1.29 bits per heavy atom. The summed E-state index contributed by atoms with van der Waals surface area (Å²) in [6.45, 7) is 4.69. The van der Waals surface area contributed by atoms with E-state index in [1.54, 1.807) is 11.1 Å². The zero-order valence-electron chi connectivity index (χ0n) is 8.83. The summed E-state index contributed by atoms with van der Waals surface area (Å²) < 4.78 is 0. The van der Waals surface area contributed by atoms with Gasteiger partial charge in [0.05, 0.1) is 0 Å². The Bertz CT molecular complexity index is 390. The molecule has 2 bridgehead atoms. The molecule has 0 amide bonds. The number of hydrogen-bond acceptors (Lipinski definition) is 0. The summed E-state index contributed by atoms with van der Waals surface area (Å²) >= 11 is 0. The smallest absolute Gasteiger partial charge is 0.0227 e. The Hall–Kier alpha value is -1.04. The molecule has 0 radical (unpaired) electrons. The summed E-state index contributed by atoms with van der Waals surface area (Å²) in [4.78, 5) is 0. The number of rotatable bonds is 1. The minimum atomic E-state index is 0.332. The normalized spacial score (nSPS) is 37.5. The van der Waals surface area contributed by atoms with Gasteiger partial charge in [-0.2, -0.15) is 0 Å². The number of fused-ring (bicyclic) bond motifs is 5. The lowest BCUT2D eigenvalue weighted by Gasteiger charge is -2.34. The summed E-state index contributed by atoms with van der Waals surface area (Å²) in [5.41, 5.74) is 3.48. The van der Waals surface area contributed by atoms with Gasteiger partial charge in [0.1, 0.15) is 0 Å². The van der Waals surface area contributed by atoms with Crippen molar-refractivity contribution in [2.75, 3.05) is 0 Å². The summed E-state index contributed by atoms with van der Waals surface area (Å²) in [6.07, 6.45) is 15.2. The van der Waals surface area contributed by atoms with Gasteiger partial charge in [0, 0.05) is 5.41 Å². The molecule has 3 aliphatic carbocycles. The zero-order chi connectivity index (χ0) is 9.76. The van der Waals surface area contributed by atoms with Crippen LogP contribution in [0.1, 0.15) is 20.3 Å². The van der Waals surface area contributed by atoms with Crippen molar-refractivity contribution in [2.24, 2.45) is 17.3 Å². The van der Waals surface area contributed by atoms with Crippen LogP contribution >= 0.6 is 0 Å². The van der Waals surface area contributed by atoms with Crippen LogP contribution in [0.3, 0.4) is 0 Å². The second-order valence-electron chi connectivity index (χ2n) is 4.91. The highest BCUT2D eigenvalue weighted by Gasteiger charge is 2.49. The maximum Gasteiger partial charge on any atom is 0.0227 e. The van der Waals surface area contributed by atoms with Gasteiger partial charge in [-0.05, 0) is 29.4 Å². The molecule has 0 aromatic rings. The van der Waals surface area contributed by atoms with Gasteiger partial charge in [0.15, 0.2) is 0 Å². The van der Waals surface area contributed by atoms with Gasteiger partial charge >= 0.3 is 0 Å². The van der Waals surface area contributed by atoms with E-state index in [9.17, 15) is 0 Å². The average molecular weight is 184 g/mol. The van der Waals surface area contributed by atoms with Crippen LogP contribution in [0.4, 0.5) is 0 Å². The molecule has 0 heteroatoms. The Balaban J connectivity index is 2.21. The summed E-state index contributed by atoms with van der Waals surface area (Å²) in [6, 6.07) is 0. The molecule has 1 saturated carbocycles. The summed E-state index contributed by atoms with van der Waals surface area (Å²) in [5, 5.41) is 0. The van der Waals surface area contributed by atoms with Gasteiger partial charge in [-0.25, -0.2) is 0 Å². The lowest BCUT2D eigenvalue weighted by atomic mass is 9.69. The van der Waals surface area contributed by atoms with Crippen LogP contribution < -0.4 is 0 Å². The van der Waals surface area contributed by atoms with Crippen LogP contribution in [-0.4, -0.2) is 0 Å². The van der Waals surface area contributed by atoms with E-state index in [1.807, 2.05) is 0 Å². The largest absolute Gasteiger partial charge is 0.0799 e. The van der Waals surface area contributed by atoms with Crippen molar-refractivity contribution in [1.29, 1.82) is 0 Å². The number of hydrogen-bond donors (Lipinski definition) is 0. The molecule has 3 aliphatic rings. The maximum absolute atomic E-state index is 2.42. The molecule has 0 spiro atoms. The van der Waals surface area contributed by atoms with Crippen molar-refractivity contribution in [1.82, 2.24) is 0 Å². The summed E-state index contributed by atoms with van der Waals surface area (Å²) in [5.74, 6) is 1.42. The van der Waals surface area contributed by atoms with Crippen LogP contribution in [0.25, 0.3) is 0 Å². The molecular formula is C14H16. The molecule has 0 aliphatic heterocycles. The van der Waals surface area contributed by atoms with Gasteiger partial charge in [-0.15, -0.1) is 0 Å². The third kappa shape index (κ3) is 0.755. The lowest BCUT2D eigenvalue weighted by Crippen LogP contribution is -2.28. The van der Waals surface area contributed by atoms with Gasteiger partial charge < -0.3 is 0 Å². The minimum Gasteiger partial charge on any atom is -0.0799 e. The van der Waals surface area contributed by atoms with Crippen molar-refractivity contribution >= 4 is 0 Å². The molecule has 0 N–H and O–H groups in total. The molecule has 0 saturated heterocycles. The Kier molecular flexibility index (Phi) is 1.48. The predicted octanol–water partition coefficient (Wildman–Crippen LogP) is 3.64. The molecule has 0 aromatic carbocycles. The SMILES string of the molecule is CC(C)C12C=CC=C1C1=CC=CC2C1. The standard InChI is InChI=1S/C14H16/c1-10(2)14-8-4-7-13(14)11-5-3-6-12(14)9-11/h3-8,10,12H,9H2,1-2H3. The Morgan fingerprint density at radius 2 is 2.14 bits per heavy atom. The van der Waals surface area contributed by atoms with Crippen molar-refractivity contribution in [3.8, 4) is 0 Å². The second-order valence-corrected chi connectivity index (χ2v) is 4.91. The molecule has 2 unspecified atom stereocenters. The van der Waals surface area contributed by atoms with Crippen molar-refractivity contribution in [3.63, 3.8) is 0 Å². The highest BCUT2D eigenvalue weighted by molar-refractivity contribution is 5.56. The van der Waals surface area contributed by atoms with Crippen molar-refractivity contribution in [3.05, 3.63) is 47.6 Å². The van der Waals surface area contributed by atoms with Gasteiger partial charge in [0.2, 0.25) is 0 Å². The molecule has 3 rings (SSSR count). The molecule has 0 heterocycles. The van der Waals surface area contributed by atoms with Crippen LogP contribution in [0, 0.1) is 17.3 Å². The lowest BCUT2D eigenvalue weighted by molar-refractivity contribution is 0.276. The molecule has 14 heavy (non-hydrogen) atoms. The molecule has 2 atom stereocenters. The van der Waals surface area contributed by atoms with Gasteiger partial charge in [0.25, 0.3) is 0 Å². The van der Waals surface area contributed by atoms with Gasteiger partial charge in [-0.3, -0.25) is 0 Å². The fourth-order valence-electron chi connectivity index (χ4n) is 3.38. The zero-order valence-corrected chi connectivity index (χ0v) is 8.83. The van der Waals surface area contributed by atoms with Crippen LogP contribution in [0.2, 0.25) is 0 Å². The van der Waals surface area contributed by atoms with E-state index in [2.05, 4.69) is 50.3 Å². The Morgan fingerprint density at radius 3 is 2.93 bits per heavy atom. The fourth-order valence-corrected chi connectivity index (χ4v) is 3.38. The Labute approximate surface area is 85.7 Å². The van der Waals surface area contributed by atoms with E-state index in [0.717, 1.165) is 0 Å². The second kappa shape index (κ2) is 2.50. The molecule has 1 fully saturated rings. The van der Waals surface area contributed by atoms with E-state index in [0.29, 0.717) is 17.3 Å². The fraction of sp³-hybridized carbons (Fsp3) is 0.429. The van der Waals surface area contributed by atoms with Crippen LogP contribution in [-0.2, 0) is 0 Å². The molecule has 0 aromatic heterocycles. The number of allylic oxidation sites excluding steroid dienone is 8. The first kappa shape index (κ1) is 8.28. The first-order valence-electron chi connectivity index (χ1n) is 5.53. The van der Waals surface area contributed by atoms with E-state index in [-0.39, 0.29) is 0 Å². The van der Waals surface area contributed by atoms with Crippen molar-refractivity contribution < 1.29 is 0 Å². The van der Waals surface area contributed by atoms with E-state index >= 15 is 0 Å². The molecule has 72 valence electrons. The van der Waals surface area contributed by atoms with Gasteiger partial charge in [-0.1, -0.05) is 50.3 Å². The van der Waals surface area contributed by atoms with Crippen LogP contribution in [0.5, 0.6) is 0 Å². The molecular weight excluding hydrogens is 168 g/mol. The first-order valence-corrected chi connectivity index (χ1v) is 5.53. The molecule has 0 nitrogen and oxygen atoms in total. The monoisotopic (exact) mass is 184 g/mol. The third-order valence-electron chi connectivity index (χ3n) is 4.10. The summed E-state index contributed by atoms with van der Waals surface area (Å²) in [7, 11) is 0. The maximum atomic E-state index is 2.42. The minimum absolute atomic E-state index is 0.332.